The van der Waals surface area contributed by atoms with Crippen molar-refractivity contribution in [3.63, 3.8) is 0 Å². The van der Waals surface area contributed by atoms with Crippen LogP contribution in [0, 0.1) is 5.82 Å². The average Bonchev–Trinajstić information content (AvgIpc) is 2.54. The Morgan fingerprint density at radius 1 is 1.24 bits per heavy atom. The lowest BCUT2D eigenvalue weighted by Gasteiger charge is -2.23. The van der Waals surface area contributed by atoms with Gasteiger partial charge >= 0.3 is 6.18 Å². The Kier molecular flexibility index (Phi) is 5.81. The van der Waals surface area contributed by atoms with Gasteiger partial charge in [0.1, 0.15) is 11.4 Å². The van der Waals surface area contributed by atoms with Gasteiger partial charge in [-0.2, -0.15) is 18.2 Å². The predicted molar refractivity (Wildman–Crippen MR) is 86.5 cm³/mol. The highest BCUT2D eigenvalue weighted by Crippen LogP contribution is 2.36. The minimum atomic E-state index is -4.63. The first-order valence-electron chi connectivity index (χ1n) is 7.90. The fraction of sp³-hybridized carbons (Fsp3) is 0.412. The van der Waals surface area contributed by atoms with Gasteiger partial charge in [-0.1, -0.05) is 13.0 Å². The highest BCUT2D eigenvalue weighted by Gasteiger charge is 2.37. The molecular formula is C17H19F4N3O. The van der Waals surface area contributed by atoms with E-state index in [9.17, 15) is 17.6 Å². The van der Waals surface area contributed by atoms with E-state index in [4.69, 9.17) is 4.74 Å². The zero-order valence-corrected chi connectivity index (χ0v) is 14.1. The lowest BCUT2D eigenvalue weighted by Crippen LogP contribution is -2.22. The van der Waals surface area contributed by atoms with Crippen LogP contribution in [0.5, 0.6) is 5.88 Å². The maximum Gasteiger partial charge on any atom is 0.423 e. The Hall–Kier alpha value is -2.38. The molecule has 0 saturated heterocycles. The number of benzene rings is 1. The van der Waals surface area contributed by atoms with Gasteiger partial charge < -0.3 is 9.64 Å². The predicted octanol–water partition coefficient (Wildman–Crippen LogP) is 4.97. The summed E-state index contributed by atoms with van der Waals surface area (Å²) < 4.78 is 58.3. The van der Waals surface area contributed by atoms with Gasteiger partial charge in [0, 0.05) is 18.4 Å². The second-order valence-electron chi connectivity index (χ2n) is 5.45. The highest BCUT2D eigenvalue weighted by molar-refractivity contribution is 5.57. The van der Waals surface area contributed by atoms with Crippen molar-refractivity contribution < 1.29 is 22.3 Å². The highest BCUT2D eigenvalue weighted by atomic mass is 19.4. The number of aromatic nitrogens is 2. The van der Waals surface area contributed by atoms with E-state index >= 15 is 0 Å². The Morgan fingerprint density at radius 2 is 1.96 bits per heavy atom. The van der Waals surface area contributed by atoms with E-state index in [1.165, 1.54) is 23.1 Å². The van der Waals surface area contributed by atoms with Crippen LogP contribution in [0.15, 0.2) is 30.5 Å². The van der Waals surface area contributed by atoms with Crippen LogP contribution in [0.1, 0.15) is 32.8 Å². The molecule has 2 aromatic rings. The number of halogens is 4. The molecule has 0 N–H and O–H groups in total. The molecule has 1 aromatic carbocycles. The first kappa shape index (κ1) is 19.0. The SMILES string of the molecule is CCC(C)Oc1nc(N(CC)c2cccc(F)c2)ncc1C(F)(F)F. The van der Waals surface area contributed by atoms with Crippen molar-refractivity contribution >= 4 is 11.6 Å². The molecule has 136 valence electrons. The van der Waals surface area contributed by atoms with Crippen LogP contribution in [-0.4, -0.2) is 22.6 Å². The lowest BCUT2D eigenvalue weighted by atomic mass is 10.2. The molecular weight excluding hydrogens is 338 g/mol. The van der Waals surface area contributed by atoms with Gasteiger partial charge in [0.05, 0.1) is 6.10 Å². The maximum atomic E-state index is 13.5. The molecule has 8 heteroatoms. The Balaban J connectivity index is 2.48. The quantitative estimate of drug-likeness (QED) is 0.684. The number of rotatable bonds is 6. The van der Waals surface area contributed by atoms with Crippen LogP contribution in [0.2, 0.25) is 0 Å². The molecule has 0 aliphatic rings. The van der Waals surface area contributed by atoms with Crippen molar-refractivity contribution in [1.82, 2.24) is 9.97 Å². The molecule has 1 aromatic heterocycles. The molecule has 1 heterocycles. The van der Waals surface area contributed by atoms with Crippen molar-refractivity contribution in [2.24, 2.45) is 0 Å². The monoisotopic (exact) mass is 357 g/mol. The summed E-state index contributed by atoms with van der Waals surface area (Å²) in [6, 6.07) is 5.68. The van der Waals surface area contributed by atoms with Gasteiger partial charge in [0.15, 0.2) is 0 Å². The summed E-state index contributed by atoms with van der Waals surface area (Å²) in [5.41, 5.74) is -0.594. The summed E-state index contributed by atoms with van der Waals surface area (Å²) >= 11 is 0. The smallest absolute Gasteiger partial charge is 0.423 e. The van der Waals surface area contributed by atoms with Crippen molar-refractivity contribution in [3.8, 4) is 5.88 Å². The third kappa shape index (κ3) is 4.58. The third-order valence-electron chi connectivity index (χ3n) is 3.61. The van der Waals surface area contributed by atoms with Gasteiger partial charge in [-0.3, -0.25) is 0 Å². The molecule has 0 fully saturated rings. The van der Waals surface area contributed by atoms with E-state index in [1.54, 1.807) is 26.8 Å². The topological polar surface area (TPSA) is 38.2 Å². The molecule has 2 rings (SSSR count). The summed E-state index contributed by atoms with van der Waals surface area (Å²) in [5.74, 6) is -0.972. The minimum Gasteiger partial charge on any atom is -0.474 e. The number of anilines is 2. The van der Waals surface area contributed by atoms with Crippen molar-refractivity contribution in [1.29, 1.82) is 0 Å². The van der Waals surface area contributed by atoms with E-state index in [2.05, 4.69) is 9.97 Å². The molecule has 4 nitrogen and oxygen atoms in total. The first-order valence-corrected chi connectivity index (χ1v) is 7.90. The first-order chi connectivity index (χ1) is 11.8. The Bertz CT molecular complexity index is 721. The molecule has 0 bridgehead atoms. The van der Waals surface area contributed by atoms with Gasteiger partial charge in [-0.05, 0) is 38.5 Å². The molecule has 0 aliphatic carbocycles. The molecule has 0 saturated carbocycles. The normalized spacial score (nSPS) is 12.8. The van der Waals surface area contributed by atoms with E-state index in [1.807, 2.05) is 0 Å². The largest absolute Gasteiger partial charge is 0.474 e. The van der Waals surface area contributed by atoms with E-state index < -0.39 is 29.5 Å². The molecule has 0 radical (unpaired) electrons. The zero-order valence-electron chi connectivity index (χ0n) is 14.1. The average molecular weight is 357 g/mol. The van der Waals surface area contributed by atoms with Gasteiger partial charge in [0.2, 0.25) is 11.8 Å². The van der Waals surface area contributed by atoms with E-state index in [0.717, 1.165) is 0 Å². The van der Waals surface area contributed by atoms with Crippen LogP contribution >= 0.6 is 0 Å². The molecule has 25 heavy (non-hydrogen) atoms. The fourth-order valence-corrected chi connectivity index (χ4v) is 2.13. The second kappa shape index (κ2) is 7.67. The number of alkyl halides is 3. The Labute approximate surface area is 143 Å². The summed E-state index contributed by atoms with van der Waals surface area (Å²) in [7, 11) is 0. The molecule has 0 spiro atoms. The molecule has 1 atom stereocenters. The van der Waals surface area contributed by atoms with Crippen molar-refractivity contribution in [2.75, 3.05) is 11.4 Å². The van der Waals surface area contributed by atoms with Crippen LogP contribution in [-0.2, 0) is 6.18 Å². The van der Waals surface area contributed by atoms with Crippen LogP contribution in [0.25, 0.3) is 0 Å². The van der Waals surface area contributed by atoms with Gasteiger partial charge in [-0.25, -0.2) is 9.37 Å². The number of hydrogen-bond donors (Lipinski definition) is 0. The van der Waals surface area contributed by atoms with Crippen molar-refractivity contribution in [3.05, 3.63) is 41.8 Å². The number of ether oxygens (including phenoxy) is 1. The summed E-state index contributed by atoms with van der Waals surface area (Å²) in [6.45, 7) is 5.57. The summed E-state index contributed by atoms with van der Waals surface area (Å²) in [6.07, 6.45) is -3.84. The minimum absolute atomic E-state index is 0.0133. The molecule has 0 amide bonds. The molecule has 0 aliphatic heterocycles. The van der Waals surface area contributed by atoms with Crippen LogP contribution in [0.4, 0.5) is 29.2 Å². The summed E-state index contributed by atoms with van der Waals surface area (Å²) in [5, 5.41) is 0. The van der Waals surface area contributed by atoms with Crippen LogP contribution in [0.3, 0.4) is 0 Å². The van der Waals surface area contributed by atoms with Crippen molar-refractivity contribution in [2.45, 2.75) is 39.5 Å². The second-order valence-corrected chi connectivity index (χ2v) is 5.45. The number of nitrogens with zero attached hydrogens (tertiary/aromatic N) is 3. The Morgan fingerprint density at radius 3 is 2.52 bits per heavy atom. The van der Waals surface area contributed by atoms with Gasteiger partial charge in [-0.15, -0.1) is 0 Å². The van der Waals surface area contributed by atoms with E-state index in [-0.39, 0.29) is 5.95 Å². The maximum absolute atomic E-state index is 13.5. The standard InChI is InChI=1S/C17H19F4N3O/c1-4-11(3)25-15-14(17(19,20)21)10-22-16(23-15)24(5-2)13-8-6-7-12(18)9-13/h6-11H,4-5H2,1-3H3. The number of hydrogen-bond acceptors (Lipinski definition) is 4. The third-order valence-corrected chi connectivity index (χ3v) is 3.61. The van der Waals surface area contributed by atoms with Crippen LogP contribution < -0.4 is 9.64 Å². The van der Waals surface area contributed by atoms with Gasteiger partial charge in [0.25, 0.3) is 0 Å². The zero-order chi connectivity index (χ0) is 18.6. The fourth-order valence-electron chi connectivity index (χ4n) is 2.13. The lowest BCUT2D eigenvalue weighted by molar-refractivity contribution is -0.139. The summed E-state index contributed by atoms with van der Waals surface area (Å²) in [4.78, 5) is 9.27. The van der Waals surface area contributed by atoms with E-state index in [0.29, 0.717) is 24.8 Å². The molecule has 1 unspecified atom stereocenters.